The van der Waals surface area contributed by atoms with Gasteiger partial charge in [-0.1, -0.05) is 34.1 Å². The first-order chi connectivity index (χ1) is 11.0. The molecule has 0 aliphatic carbocycles. The molecule has 1 aliphatic heterocycles. The highest BCUT2D eigenvalue weighted by Crippen LogP contribution is 2.33. The van der Waals surface area contributed by atoms with E-state index in [0.717, 1.165) is 51.7 Å². The Morgan fingerprint density at radius 1 is 1.26 bits per heavy atom. The number of aliphatic imine (C=N–C) groups is 1. The number of rotatable bonds is 8. The van der Waals surface area contributed by atoms with Crippen molar-refractivity contribution in [2.24, 2.45) is 16.3 Å². The zero-order valence-electron chi connectivity index (χ0n) is 15.8. The van der Waals surface area contributed by atoms with Crippen LogP contribution in [0.1, 0.15) is 53.4 Å². The second-order valence-corrected chi connectivity index (χ2v) is 7.41. The summed E-state index contributed by atoms with van der Waals surface area (Å²) in [7, 11) is 1.81. The minimum atomic E-state index is 0.177. The highest BCUT2D eigenvalue weighted by molar-refractivity contribution is 5.79. The molecule has 136 valence electrons. The van der Waals surface area contributed by atoms with E-state index in [2.05, 4.69) is 43.3 Å². The molecule has 2 unspecified atom stereocenters. The van der Waals surface area contributed by atoms with E-state index in [4.69, 9.17) is 9.47 Å². The summed E-state index contributed by atoms with van der Waals surface area (Å²) in [6, 6.07) is 0. The summed E-state index contributed by atoms with van der Waals surface area (Å²) in [5, 5.41) is 6.76. The Bertz CT molecular complexity index is 340. The lowest BCUT2D eigenvalue weighted by atomic mass is 9.78. The summed E-state index contributed by atoms with van der Waals surface area (Å²) in [6.07, 6.45) is 4.97. The summed E-state index contributed by atoms with van der Waals surface area (Å²) in [6.45, 7) is 13.1. The Balaban J connectivity index is 2.30. The fraction of sp³-hybridized carbons (Fsp3) is 0.944. The van der Waals surface area contributed by atoms with E-state index >= 15 is 0 Å². The van der Waals surface area contributed by atoms with E-state index in [-0.39, 0.29) is 5.41 Å². The molecule has 5 nitrogen and oxygen atoms in total. The first-order valence-electron chi connectivity index (χ1n) is 9.13. The lowest BCUT2D eigenvalue weighted by Gasteiger charge is -2.40. The Labute approximate surface area is 142 Å². The molecule has 1 heterocycles. The van der Waals surface area contributed by atoms with Gasteiger partial charge in [0.2, 0.25) is 0 Å². The lowest BCUT2D eigenvalue weighted by Crippen LogP contribution is -2.47. The molecule has 0 radical (unpaired) electrons. The van der Waals surface area contributed by atoms with Crippen LogP contribution in [-0.4, -0.2) is 52.0 Å². The van der Waals surface area contributed by atoms with Crippen molar-refractivity contribution in [3.8, 4) is 0 Å². The molecule has 2 atom stereocenters. The van der Waals surface area contributed by atoms with Gasteiger partial charge in [-0.2, -0.15) is 0 Å². The first kappa shape index (κ1) is 20.2. The number of guanidine groups is 1. The highest BCUT2D eigenvalue weighted by Gasteiger charge is 2.35. The van der Waals surface area contributed by atoms with Crippen LogP contribution in [0.25, 0.3) is 0 Å². The topological polar surface area (TPSA) is 54.9 Å². The van der Waals surface area contributed by atoms with E-state index in [1.54, 1.807) is 0 Å². The van der Waals surface area contributed by atoms with Gasteiger partial charge in [-0.05, 0) is 24.7 Å². The molecule has 5 heteroatoms. The van der Waals surface area contributed by atoms with Gasteiger partial charge in [-0.25, -0.2) is 0 Å². The number of hydrogen-bond acceptors (Lipinski definition) is 3. The third kappa shape index (κ3) is 8.02. The van der Waals surface area contributed by atoms with Gasteiger partial charge < -0.3 is 20.1 Å². The van der Waals surface area contributed by atoms with Gasteiger partial charge in [0.05, 0.1) is 12.7 Å². The number of hydrogen-bond donors (Lipinski definition) is 2. The second-order valence-electron chi connectivity index (χ2n) is 7.41. The monoisotopic (exact) mass is 327 g/mol. The van der Waals surface area contributed by atoms with E-state index in [1.165, 1.54) is 12.8 Å². The van der Waals surface area contributed by atoms with Crippen LogP contribution in [0, 0.1) is 11.3 Å². The predicted octanol–water partition coefficient (Wildman–Crippen LogP) is 2.81. The van der Waals surface area contributed by atoms with E-state index < -0.39 is 0 Å². The minimum absolute atomic E-state index is 0.177. The lowest BCUT2D eigenvalue weighted by molar-refractivity contribution is -0.0835. The standard InChI is InChI=1S/C18H37N3O2/c1-6-7-11-22-13-10-20-17(19-5)21-14-15-9-8-12-23-16(15)18(2,3)4/h15-16H,6-14H2,1-5H3,(H2,19,20,21). The van der Waals surface area contributed by atoms with Crippen molar-refractivity contribution in [2.45, 2.75) is 59.5 Å². The molecule has 1 aliphatic rings. The van der Waals surface area contributed by atoms with Crippen molar-refractivity contribution in [1.82, 2.24) is 10.6 Å². The van der Waals surface area contributed by atoms with Crippen LogP contribution in [-0.2, 0) is 9.47 Å². The third-order valence-corrected chi connectivity index (χ3v) is 4.23. The van der Waals surface area contributed by atoms with Gasteiger partial charge in [-0.3, -0.25) is 4.99 Å². The van der Waals surface area contributed by atoms with Crippen molar-refractivity contribution in [2.75, 3.05) is 40.0 Å². The average molecular weight is 328 g/mol. The molecule has 1 rings (SSSR count). The maximum Gasteiger partial charge on any atom is 0.191 e. The number of ether oxygens (including phenoxy) is 2. The third-order valence-electron chi connectivity index (χ3n) is 4.23. The van der Waals surface area contributed by atoms with Crippen molar-refractivity contribution in [3.05, 3.63) is 0 Å². The summed E-state index contributed by atoms with van der Waals surface area (Å²) in [4.78, 5) is 4.29. The van der Waals surface area contributed by atoms with Crippen LogP contribution >= 0.6 is 0 Å². The van der Waals surface area contributed by atoms with Crippen molar-refractivity contribution in [3.63, 3.8) is 0 Å². The summed E-state index contributed by atoms with van der Waals surface area (Å²) < 4.78 is 11.6. The number of nitrogens with zero attached hydrogens (tertiary/aromatic N) is 1. The smallest absolute Gasteiger partial charge is 0.191 e. The van der Waals surface area contributed by atoms with Gasteiger partial charge in [0.25, 0.3) is 0 Å². The summed E-state index contributed by atoms with van der Waals surface area (Å²) in [5.74, 6) is 1.38. The quantitative estimate of drug-likeness (QED) is 0.409. The van der Waals surface area contributed by atoms with Crippen LogP contribution in [0.5, 0.6) is 0 Å². The molecule has 0 aromatic rings. The normalized spacial score (nSPS) is 22.9. The van der Waals surface area contributed by atoms with Gasteiger partial charge >= 0.3 is 0 Å². The maximum absolute atomic E-state index is 6.04. The summed E-state index contributed by atoms with van der Waals surface area (Å²) in [5.41, 5.74) is 0.177. The largest absolute Gasteiger partial charge is 0.380 e. The Morgan fingerprint density at radius 3 is 2.70 bits per heavy atom. The van der Waals surface area contributed by atoms with Crippen molar-refractivity contribution >= 4 is 5.96 Å². The van der Waals surface area contributed by atoms with Crippen LogP contribution in [0.4, 0.5) is 0 Å². The molecule has 0 aromatic carbocycles. The molecule has 0 amide bonds. The van der Waals surface area contributed by atoms with E-state index in [1.807, 2.05) is 7.05 Å². The Hall–Kier alpha value is -0.810. The second kappa shape index (κ2) is 10.9. The predicted molar refractivity (Wildman–Crippen MR) is 97.0 cm³/mol. The fourth-order valence-corrected chi connectivity index (χ4v) is 3.05. The molecule has 0 spiro atoms. The Morgan fingerprint density at radius 2 is 2.04 bits per heavy atom. The fourth-order valence-electron chi connectivity index (χ4n) is 3.05. The molecule has 23 heavy (non-hydrogen) atoms. The number of nitrogens with one attached hydrogen (secondary N) is 2. The SMILES string of the molecule is CCCCOCCNC(=NC)NCC1CCCOC1C(C)(C)C. The molecule has 1 saturated heterocycles. The van der Waals surface area contributed by atoms with Gasteiger partial charge in [0, 0.05) is 39.3 Å². The molecule has 0 bridgehead atoms. The molecule has 0 saturated carbocycles. The van der Waals surface area contributed by atoms with Crippen LogP contribution in [0.3, 0.4) is 0 Å². The molecular weight excluding hydrogens is 290 g/mol. The first-order valence-corrected chi connectivity index (χ1v) is 9.13. The van der Waals surface area contributed by atoms with Crippen LogP contribution in [0.2, 0.25) is 0 Å². The molecule has 1 fully saturated rings. The maximum atomic E-state index is 6.04. The van der Waals surface area contributed by atoms with Crippen molar-refractivity contribution in [1.29, 1.82) is 0 Å². The molecule has 0 aromatic heterocycles. The molecule has 2 N–H and O–H groups in total. The van der Waals surface area contributed by atoms with Gasteiger partial charge in [0.1, 0.15) is 0 Å². The zero-order chi connectivity index (χ0) is 17.1. The average Bonchev–Trinajstić information content (AvgIpc) is 2.53. The number of unbranched alkanes of at least 4 members (excludes halogenated alkanes) is 1. The van der Waals surface area contributed by atoms with Gasteiger partial charge in [0.15, 0.2) is 5.96 Å². The minimum Gasteiger partial charge on any atom is -0.380 e. The van der Waals surface area contributed by atoms with E-state index in [0.29, 0.717) is 12.0 Å². The zero-order valence-corrected chi connectivity index (χ0v) is 15.8. The summed E-state index contributed by atoms with van der Waals surface area (Å²) >= 11 is 0. The van der Waals surface area contributed by atoms with Crippen LogP contribution in [0.15, 0.2) is 4.99 Å². The van der Waals surface area contributed by atoms with Gasteiger partial charge in [-0.15, -0.1) is 0 Å². The van der Waals surface area contributed by atoms with Crippen molar-refractivity contribution < 1.29 is 9.47 Å². The highest BCUT2D eigenvalue weighted by atomic mass is 16.5. The molecular formula is C18H37N3O2. The van der Waals surface area contributed by atoms with Crippen LogP contribution < -0.4 is 10.6 Å². The Kier molecular flexibility index (Phi) is 9.56. The van der Waals surface area contributed by atoms with E-state index in [9.17, 15) is 0 Å².